The van der Waals surface area contributed by atoms with Gasteiger partial charge in [-0.15, -0.1) is 0 Å². The molecule has 4 heteroatoms. The Morgan fingerprint density at radius 2 is 1.08 bits per heavy atom. The Bertz CT molecular complexity index is 279. The fraction of sp³-hybridized carbons (Fsp3) is 0.950. The van der Waals surface area contributed by atoms with E-state index in [9.17, 15) is 4.79 Å². The van der Waals surface area contributed by atoms with Gasteiger partial charge in [-0.3, -0.25) is 4.79 Å². The van der Waals surface area contributed by atoms with Crippen LogP contribution in [0, 0.1) is 0 Å². The van der Waals surface area contributed by atoms with Gasteiger partial charge in [0.1, 0.15) is 0 Å². The molecular weight excluding hydrogens is 298 g/mol. The van der Waals surface area contributed by atoms with Gasteiger partial charge in [0, 0.05) is 19.5 Å². The number of hydrogen-bond donors (Lipinski definition) is 0. The van der Waals surface area contributed by atoms with E-state index < -0.39 is 0 Å². The number of hydrogen-bond acceptors (Lipinski definition) is 3. The summed E-state index contributed by atoms with van der Waals surface area (Å²) in [6.07, 6.45) is 11.8. The van der Waals surface area contributed by atoms with Gasteiger partial charge in [0.15, 0.2) is 0 Å². The molecule has 0 spiro atoms. The third-order valence-corrected chi connectivity index (χ3v) is 4.41. The van der Waals surface area contributed by atoms with Gasteiger partial charge in [-0.05, 0) is 60.5 Å². The molecule has 0 heterocycles. The quantitative estimate of drug-likeness (QED) is 0.399. The summed E-state index contributed by atoms with van der Waals surface area (Å²) in [7, 11) is 8.38. The summed E-state index contributed by atoms with van der Waals surface area (Å²) in [6.45, 7) is 6.16. The van der Waals surface area contributed by atoms with Crippen LogP contribution in [0.15, 0.2) is 0 Å². The van der Waals surface area contributed by atoms with Gasteiger partial charge >= 0.3 is 0 Å². The highest BCUT2D eigenvalue weighted by atomic mass is 16.2. The number of carbonyl (C=O) groups is 1. The standard InChI is InChI=1S/C20H43N3O/c1-6-7-8-9-10-11-12-15-20(24)23(18-13-16-21(2)3)19-14-17-22(4)5/h6-19H2,1-5H3. The average Bonchev–Trinajstić information content (AvgIpc) is 2.51. The monoisotopic (exact) mass is 341 g/mol. The molecule has 0 N–H and O–H groups in total. The second-order valence-electron chi connectivity index (χ2n) is 7.57. The van der Waals surface area contributed by atoms with E-state index in [1.807, 2.05) is 0 Å². The number of rotatable bonds is 16. The lowest BCUT2D eigenvalue weighted by Crippen LogP contribution is -2.35. The Kier molecular flexibility index (Phi) is 15.5. The zero-order valence-corrected chi connectivity index (χ0v) is 17.1. The van der Waals surface area contributed by atoms with Crippen molar-refractivity contribution in [2.45, 2.75) is 71.1 Å². The minimum absolute atomic E-state index is 0.362. The van der Waals surface area contributed by atoms with E-state index in [1.165, 1.54) is 38.5 Å². The van der Waals surface area contributed by atoms with E-state index in [0.717, 1.165) is 51.9 Å². The van der Waals surface area contributed by atoms with Crippen LogP contribution in [0.2, 0.25) is 0 Å². The molecule has 0 unspecified atom stereocenters. The van der Waals surface area contributed by atoms with E-state index in [2.05, 4.69) is 49.8 Å². The Morgan fingerprint density at radius 1 is 0.625 bits per heavy atom. The van der Waals surface area contributed by atoms with E-state index >= 15 is 0 Å². The SMILES string of the molecule is CCCCCCCCCC(=O)N(CCCN(C)C)CCCN(C)C. The molecule has 144 valence electrons. The Morgan fingerprint density at radius 3 is 1.54 bits per heavy atom. The minimum atomic E-state index is 0.362. The summed E-state index contributed by atoms with van der Waals surface area (Å²) >= 11 is 0. The summed E-state index contributed by atoms with van der Waals surface area (Å²) < 4.78 is 0. The van der Waals surface area contributed by atoms with E-state index in [1.54, 1.807) is 0 Å². The zero-order chi connectivity index (χ0) is 18.2. The van der Waals surface area contributed by atoms with Crippen molar-refractivity contribution in [1.82, 2.24) is 14.7 Å². The maximum Gasteiger partial charge on any atom is 0.222 e. The number of carbonyl (C=O) groups excluding carboxylic acids is 1. The fourth-order valence-corrected chi connectivity index (χ4v) is 2.91. The Labute approximate surface area is 151 Å². The van der Waals surface area contributed by atoms with Gasteiger partial charge in [-0.1, -0.05) is 45.4 Å². The molecule has 0 saturated heterocycles. The predicted octanol–water partition coefficient (Wildman–Crippen LogP) is 3.86. The first-order chi connectivity index (χ1) is 11.5. The van der Waals surface area contributed by atoms with Crippen LogP contribution in [0.3, 0.4) is 0 Å². The molecule has 0 aliphatic carbocycles. The number of unbranched alkanes of at least 4 members (excludes halogenated alkanes) is 6. The molecule has 0 radical (unpaired) electrons. The number of nitrogens with zero attached hydrogens (tertiary/aromatic N) is 3. The Hall–Kier alpha value is -0.610. The van der Waals surface area contributed by atoms with Crippen LogP contribution in [0.5, 0.6) is 0 Å². The lowest BCUT2D eigenvalue weighted by atomic mass is 10.1. The zero-order valence-electron chi connectivity index (χ0n) is 17.1. The van der Waals surface area contributed by atoms with Crippen molar-refractivity contribution in [3.05, 3.63) is 0 Å². The molecule has 4 nitrogen and oxygen atoms in total. The van der Waals surface area contributed by atoms with Crippen LogP contribution in [-0.4, -0.2) is 75.0 Å². The molecule has 0 aliphatic rings. The van der Waals surface area contributed by atoms with Crippen molar-refractivity contribution in [2.75, 3.05) is 54.4 Å². The lowest BCUT2D eigenvalue weighted by molar-refractivity contribution is -0.131. The van der Waals surface area contributed by atoms with Crippen molar-refractivity contribution >= 4 is 5.91 Å². The van der Waals surface area contributed by atoms with Gasteiger partial charge in [0.2, 0.25) is 5.91 Å². The van der Waals surface area contributed by atoms with Crippen LogP contribution >= 0.6 is 0 Å². The minimum Gasteiger partial charge on any atom is -0.343 e. The van der Waals surface area contributed by atoms with Crippen molar-refractivity contribution < 1.29 is 4.79 Å². The summed E-state index contributed by atoms with van der Waals surface area (Å²) in [5.41, 5.74) is 0. The highest BCUT2D eigenvalue weighted by molar-refractivity contribution is 5.76. The molecule has 0 aromatic heterocycles. The first-order valence-electron chi connectivity index (χ1n) is 10.0. The first-order valence-corrected chi connectivity index (χ1v) is 10.0. The van der Waals surface area contributed by atoms with Gasteiger partial charge in [0.25, 0.3) is 0 Å². The van der Waals surface area contributed by atoms with Gasteiger partial charge in [0.05, 0.1) is 0 Å². The van der Waals surface area contributed by atoms with Crippen LogP contribution < -0.4 is 0 Å². The van der Waals surface area contributed by atoms with Gasteiger partial charge in [-0.2, -0.15) is 0 Å². The van der Waals surface area contributed by atoms with Crippen molar-refractivity contribution in [3.63, 3.8) is 0 Å². The van der Waals surface area contributed by atoms with Crippen LogP contribution in [0.4, 0.5) is 0 Å². The summed E-state index contributed by atoms with van der Waals surface area (Å²) in [5, 5.41) is 0. The molecule has 1 amide bonds. The summed E-state index contributed by atoms with van der Waals surface area (Å²) in [6, 6.07) is 0. The van der Waals surface area contributed by atoms with Crippen molar-refractivity contribution in [1.29, 1.82) is 0 Å². The van der Waals surface area contributed by atoms with Crippen LogP contribution in [0.1, 0.15) is 71.1 Å². The first kappa shape index (κ1) is 23.4. The fourth-order valence-electron chi connectivity index (χ4n) is 2.91. The van der Waals surface area contributed by atoms with Gasteiger partial charge < -0.3 is 14.7 Å². The van der Waals surface area contributed by atoms with E-state index in [0.29, 0.717) is 5.91 Å². The van der Waals surface area contributed by atoms with Crippen LogP contribution in [0.25, 0.3) is 0 Å². The Balaban J connectivity index is 4.01. The molecule has 0 bridgehead atoms. The van der Waals surface area contributed by atoms with E-state index in [4.69, 9.17) is 0 Å². The second-order valence-corrected chi connectivity index (χ2v) is 7.57. The highest BCUT2D eigenvalue weighted by Crippen LogP contribution is 2.10. The smallest absolute Gasteiger partial charge is 0.222 e. The summed E-state index contributed by atoms with van der Waals surface area (Å²) in [4.78, 5) is 19.0. The maximum absolute atomic E-state index is 12.5. The maximum atomic E-state index is 12.5. The average molecular weight is 342 g/mol. The second kappa shape index (κ2) is 15.9. The topological polar surface area (TPSA) is 26.8 Å². The lowest BCUT2D eigenvalue weighted by Gasteiger charge is -2.24. The largest absolute Gasteiger partial charge is 0.343 e. The molecule has 0 fully saturated rings. The highest BCUT2D eigenvalue weighted by Gasteiger charge is 2.12. The molecule has 0 saturated carbocycles. The predicted molar refractivity (Wildman–Crippen MR) is 106 cm³/mol. The van der Waals surface area contributed by atoms with Crippen molar-refractivity contribution in [2.24, 2.45) is 0 Å². The number of amides is 1. The van der Waals surface area contributed by atoms with Crippen molar-refractivity contribution in [3.8, 4) is 0 Å². The molecule has 0 aromatic rings. The van der Waals surface area contributed by atoms with Gasteiger partial charge in [-0.25, -0.2) is 0 Å². The third-order valence-electron chi connectivity index (χ3n) is 4.41. The molecule has 0 aromatic carbocycles. The molecular formula is C20H43N3O. The normalized spacial score (nSPS) is 11.5. The summed E-state index contributed by atoms with van der Waals surface area (Å²) in [5.74, 6) is 0.362. The molecule has 0 aliphatic heterocycles. The third kappa shape index (κ3) is 14.9. The molecule has 0 atom stereocenters. The van der Waals surface area contributed by atoms with Crippen LogP contribution in [-0.2, 0) is 4.79 Å². The molecule has 0 rings (SSSR count). The molecule has 24 heavy (non-hydrogen) atoms. The van der Waals surface area contributed by atoms with E-state index in [-0.39, 0.29) is 0 Å².